The Morgan fingerprint density at radius 3 is 2.64 bits per heavy atom. The van der Waals surface area contributed by atoms with Crippen molar-refractivity contribution in [3.8, 4) is 0 Å². The van der Waals surface area contributed by atoms with Crippen molar-refractivity contribution in [3.05, 3.63) is 59.2 Å². The summed E-state index contributed by atoms with van der Waals surface area (Å²) in [5.41, 5.74) is 2.73. The molecule has 1 N–H and O–H groups in total. The number of anilines is 1. The molecular weight excluding hydrogens is 372 g/mol. The van der Waals surface area contributed by atoms with Crippen LogP contribution in [0.5, 0.6) is 0 Å². The van der Waals surface area contributed by atoms with Crippen LogP contribution >= 0.6 is 0 Å². The summed E-state index contributed by atoms with van der Waals surface area (Å²) in [4.78, 5) is 15.2. The largest absolute Gasteiger partial charge is 0.336 e. The summed E-state index contributed by atoms with van der Waals surface area (Å²) in [7, 11) is -3.77. The molecule has 3 rings (SSSR count). The quantitative estimate of drug-likeness (QED) is 0.803. The van der Waals surface area contributed by atoms with Crippen LogP contribution in [0.3, 0.4) is 0 Å². The van der Waals surface area contributed by atoms with Crippen molar-refractivity contribution < 1.29 is 13.2 Å². The van der Waals surface area contributed by atoms with E-state index < -0.39 is 10.0 Å². The van der Waals surface area contributed by atoms with Crippen LogP contribution in [-0.4, -0.2) is 31.8 Å². The maximum Gasteiger partial charge on any atom is 0.261 e. The maximum absolute atomic E-state index is 13.2. The molecule has 0 spiro atoms. The SMILES string of the molecule is CCC1CCCCN1C(=O)c1cc(S(=O)(=O)Nc2cccc(C)c2)ccc1C. The fraction of sp³-hybridized carbons (Fsp3) is 0.409. The normalized spacial score (nSPS) is 17.4. The number of amides is 1. The number of aryl methyl sites for hydroxylation is 2. The van der Waals surface area contributed by atoms with E-state index in [-0.39, 0.29) is 16.8 Å². The van der Waals surface area contributed by atoms with Gasteiger partial charge in [0.2, 0.25) is 0 Å². The second-order valence-corrected chi connectivity index (χ2v) is 9.19. The van der Waals surface area contributed by atoms with Gasteiger partial charge in [0.25, 0.3) is 15.9 Å². The number of hydrogen-bond acceptors (Lipinski definition) is 3. The lowest BCUT2D eigenvalue weighted by Gasteiger charge is -2.35. The van der Waals surface area contributed by atoms with Crippen molar-refractivity contribution in [2.45, 2.75) is 57.4 Å². The zero-order chi connectivity index (χ0) is 20.3. The van der Waals surface area contributed by atoms with Gasteiger partial charge < -0.3 is 4.90 Å². The van der Waals surface area contributed by atoms with E-state index in [9.17, 15) is 13.2 Å². The summed E-state index contributed by atoms with van der Waals surface area (Å²) in [5, 5.41) is 0. The fourth-order valence-corrected chi connectivity index (χ4v) is 4.84. The highest BCUT2D eigenvalue weighted by molar-refractivity contribution is 7.92. The van der Waals surface area contributed by atoms with E-state index >= 15 is 0 Å². The van der Waals surface area contributed by atoms with E-state index in [1.54, 1.807) is 30.3 Å². The first-order chi connectivity index (χ1) is 13.3. The van der Waals surface area contributed by atoms with Crippen molar-refractivity contribution in [1.29, 1.82) is 0 Å². The van der Waals surface area contributed by atoms with Crippen molar-refractivity contribution in [2.24, 2.45) is 0 Å². The molecule has 1 unspecified atom stereocenters. The van der Waals surface area contributed by atoms with Crippen molar-refractivity contribution in [1.82, 2.24) is 4.90 Å². The fourth-order valence-electron chi connectivity index (χ4n) is 3.77. The lowest BCUT2D eigenvalue weighted by Crippen LogP contribution is -2.43. The number of nitrogens with one attached hydrogen (secondary N) is 1. The maximum atomic E-state index is 13.2. The van der Waals surface area contributed by atoms with Gasteiger partial charge in [0, 0.05) is 23.8 Å². The Kier molecular flexibility index (Phi) is 6.08. The number of carbonyl (C=O) groups excluding carboxylic acids is 1. The molecule has 150 valence electrons. The molecule has 0 bridgehead atoms. The molecule has 1 aliphatic rings. The lowest BCUT2D eigenvalue weighted by molar-refractivity contribution is 0.0607. The summed E-state index contributed by atoms with van der Waals surface area (Å²) in [6.45, 7) is 6.58. The summed E-state index contributed by atoms with van der Waals surface area (Å²) in [6.07, 6.45) is 4.05. The van der Waals surface area contributed by atoms with Gasteiger partial charge in [0.05, 0.1) is 4.90 Å². The van der Waals surface area contributed by atoms with Crippen molar-refractivity contribution in [2.75, 3.05) is 11.3 Å². The Bertz CT molecular complexity index is 969. The molecule has 0 radical (unpaired) electrons. The smallest absolute Gasteiger partial charge is 0.261 e. The number of piperidine rings is 1. The van der Waals surface area contributed by atoms with Gasteiger partial charge in [-0.2, -0.15) is 0 Å². The van der Waals surface area contributed by atoms with E-state index in [4.69, 9.17) is 0 Å². The minimum atomic E-state index is -3.77. The Morgan fingerprint density at radius 1 is 1.14 bits per heavy atom. The van der Waals surface area contributed by atoms with Crippen LogP contribution in [0.15, 0.2) is 47.4 Å². The molecule has 1 amide bonds. The summed E-state index contributed by atoms with van der Waals surface area (Å²) in [6, 6.07) is 12.2. The molecule has 28 heavy (non-hydrogen) atoms. The van der Waals surface area contributed by atoms with Crippen LogP contribution in [0.1, 0.15) is 54.1 Å². The number of nitrogens with zero attached hydrogens (tertiary/aromatic N) is 1. The molecule has 1 heterocycles. The van der Waals surface area contributed by atoms with Crippen LogP contribution in [0, 0.1) is 13.8 Å². The van der Waals surface area contributed by atoms with Gasteiger partial charge in [-0.25, -0.2) is 8.42 Å². The number of likely N-dealkylation sites (tertiary alicyclic amines) is 1. The highest BCUT2D eigenvalue weighted by atomic mass is 32.2. The highest BCUT2D eigenvalue weighted by Crippen LogP contribution is 2.25. The van der Waals surface area contributed by atoms with Crippen LogP contribution in [0.25, 0.3) is 0 Å². The first-order valence-electron chi connectivity index (χ1n) is 9.83. The van der Waals surface area contributed by atoms with E-state index in [1.807, 2.05) is 24.8 Å². The lowest BCUT2D eigenvalue weighted by atomic mass is 9.98. The molecule has 2 aromatic rings. The predicted octanol–water partition coefficient (Wildman–Crippen LogP) is 4.51. The molecule has 1 fully saturated rings. The molecule has 2 aromatic carbocycles. The number of hydrogen-bond donors (Lipinski definition) is 1. The Morgan fingerprint density at radius 2 is 1.93 bits per heavy atom. The third-order valence-corrected chi connectivity index (χ3v) is 6.76. The molecule has 1 aliphatic heterocycles. The monoisotopic (exact) mass is 400 g/mol. The summed E-state index contributed by atoms with van der Waals surface area (Å²) in [5.74, 6) is -0.0725. The zero-order valence-corrected chi connectivity index (χ0v) is 17.6. The van der Waals surface area contributed by atoms with E-state index in [0.29, 0.717) is 11.3 Å². The van der Waals surface area contributed by atoms with Gasteiger partial charge in [0.15, 0.2) is 0 Å². The van der Waals surface area contributed by atoms with Gasteiger partial charge in [-0.05, 0) is 74.9 Å². The van der Waals surface area contributed by atoms with Crippen LogP contribution in [-0.2, 0) is 10.0 Å². The second kappa shape index (κ2) is 8.35. The third-order valence-electron chi connectivity index (χ3n) is 5.38. The minimum absolute atomic E-state index is 0.0725. The molecule has 1 atom stereocenters. The van der Waals surface area contributed by atoms with Gasteiger partial charge in [-0.3, -0.25) is 9.52 Å². The molecule has 0 aliphatic carbocycles. The molecule has 1 saturated heterocycles. The molecule has 6 heteroatoms. The summed E-state index contributed by atoms with van der Waals surface area (Å²) >= 11 is 0. The van der Waals surface area contributed by atoms with E-state index in [0.717, 1.165) is 43.4 Å². The molecule has 5 nitrogen and oxygen atoms in total. The van der Waals surface area contributed by atoms with Crippen LogP contribution < -0.4 is 4.72 Å². The highest BCUT2D eigenvalue weighted by Gasteiger charge is 2.28. The summed E-state index contributed by atoms with van der Waals surface area (Å²) < 4.78 is 28.3. The third kappa shape index (κ3) is 4.38. The van der Waals surface area contributed by atoms with Crippen LogP contribution in [0.2, 0.25) is 0 Å². The standard InChI is InChI=1S/C22H28N2O3S/c1-4-19-10-5-6-13-24(19)22(25)21-15-20(12-11-17(21)3)28(26,27)23-18-9-7-8-16(2)14-18/h7-9,11-12,14-15,19,23H,4-6,10,13H2,1-3H3. The number of sulfonamides is 1. The number of benzene rings is 2. The van der Waals surface area contributed by atoms with Crippen molar-refractivity contribution in [3.63, 3.8) is 0 Å². The average Bonchev–Trinajstić information content (AvgIpc) is 2.67. The predicted molar refractivity (Wildman–Crippen MR) is 112 cm³/mol. The Labute approximate surface area is 167 Å². The Balaban J connectivity index is 1.91. The zero-order valence-electron chi connectivity index (χ0n) is 16.7. The van der Waals surface area contributed by atoms with Gasteiger partial charge in [-0.15, -0.1) is 0 Å². The second-order valence-electron chi connectivity index (χ2n) is 7.51. The van der Waals surface area contributed by atoms with Crippen molar-refractivity contribution >= 4 is 21.6 Å². The molecule has 0 saturated carbocycles. The molecule has 0 aromatic heterocycles. The first-order valence-corrected chi connectivity index (χ1v) is 11.3. The van der Waals surface area contributed by atoms with Gasteiger partial charge in [-0.1, -0.05) is 25.1 Å². The van der Waals surface area contributed by atoms with E-state index in [1.165, 1.54) is 6.07 Å². The van der Waals surface area contributed by atoms with Gasteiger partial charge in [0.1, 0.15) is 0 Å². The topological polar surface area (TPSA) is 66.5 Å². The first kappa shape index (κ1) is 20.4. The van der Waals surface area contributed by atoms with E-state index in [2.05, 4.69) is 11.6 Å². The van der Waals surface area contributed by atoms with Crippen LogP contribution in [0.4, 0.5) is 5.69 Å². The molecular formula is C22H28N2O3S. The number of carbonyl (C=O) groups is 1. The minimum Gasteiger partial charge on any atom is -0.336 e. The average molecular weight is 401 g/mol. The Hall–Kier alpha value is -2.34. The van der Waals surface area contributed by atoms with Gasteiger partial charge >= 0.3 is 0 Å². The number of rotatable bonds is 5.